The molecule has 0 bridgehead atoms. The number of halogens is 1. The quantitative estimate of drug-likeness (QED) is 0.182. The Morgan fingerprint density at radius 2 is 1.65 bits per heavy atom. The molecule has 1 aliphatic heterocycles. The molecule has 7 nitrogen and oxygen atoms in total. The number of nitrogens with one attached hydrogen (secondary N) is 1. The molecule has 0 saturated carbocycles. The lowest BCUT2D eigenvalue weighted by Gasteiger charge is -2.31. The fourth-order valence-corrected chi connectivity index (χ4v) is 5.18. The predicted molar refractivity (Wildman–Crippen MR) is 161 cm³/mol. The lowest BCUT2D eigenvalue weighted by molar-refractivity contribution is -0.117. The SMILES string of the molecule is O=C(CN1CCC(Cc2ccccc2)CC1)Nc1ccc(C(=O)/C=C/c2cn(Cc3ccc(Br)cc3)nn2)cc1. The van der Waals surface area contributed by atoms with Crippen molar-refractivity contribution in [2.75, 3.05) is 25.0 Å². The Hall–Kier alpha value is -3.88. The van der Waals surface area contributed by atoms with E-state index in [2.05, 4.69) is 66.8 Å². The molecular weight excluding hydrogens is 566 g/mol. The molecule has 1 aliphatic rings. The van der Waals surface area contributed by atoms with Crippen molar-refractivity contribution in [1.29, 1.82) is 0 Å². The van der Waals surface area contributed by atoms with Gasteiger partial charge in [0.1, 0.15) is 5.69 Å². The highest BCUT2D eigenvalue weighted by Gasteiger charge is 2.21. The Morgan fingerprint density at radius 3 is 2.38 bits per heavy atom. The molecule has 1 N–H and O–H groups in total. The number of benzene rings is 3. The van der Waals surface area contributed by atoms with Crippen LogP contribution in [0.4, 0.5) is 5.69 Å². The van der Waals surface area contributed by atoms with Crippen molar-refractivity contribution >= 4 is 39.4 Å². The van der Waals surface area contributed by atoms with Crippen LogP contribution in [0.1, 0.15) is 40.0 Å². The molecule has 5 rings (SSSR count). The summed E-state index contributed by atoms with van der Waals surface area (Å²) < 4.78 is 2.76. The van der Waals surface area contributed by atoms with Crippen LogP contribution in [-0.4, -0.2) is 51.2 Å². The van der Waals surface area contributed by atoms with Gasteiger partial charge in [0.05, 0.1) is 19.3 Å². The number of carbonyl (C=O) groups excluding carboxylic acids is 2. The number of nitrogens with zero attached hydrogens (tertiary/aromatic N) is 4. The third kappa shape index (κ3) is 8.07. The van der Waals surface area contributed by atoms with E-state index >= 15 is 0 Å². The van der Waals surface area contributed by atoms with Gasteiger partial charge in [0, 0.05) is 15.7 Å². The van der Waals surface area contributed by atoms with Crippen LogP contribution in [0.2, 0.25) is 0 Å². The van der Waals surface area contributed by atoms with Gasteiger partial charge >= 0.3 is 0 Å². The summed E-state index contributed by atoms with van der Waals surface area (Å²) in [5.74, 6) is 0.496. The fourth-order valence-electron chi connectivity index (χ4n) is 4.92. The van der Waals surface area contributed by atoms with Crippen LogP contribution in [-0.2, 0) is 17.8 Å². The number of ketones is 1. The summed E-state index contributed by atoms with van der Waals surface area (Å²) in [6.45, 7) is 2.84. The Bertz CT molecular complexity index is 1440. The van der Waals surface area contributed by atoms with Crippen LogP contribution in [0.25, 0.3) is 6.08 Å². The van der Waals surface area contributed by atoms with Crippen molar-refractivity contribution in [3.05, 3.63) is 118 Å². The van der Waals surface area contributed by atoms with Crippen molar-refractivity contribution in [1.82, 2.24) is 19.9 Å². The summed E-state index contributed by atoms with van der Waals surface area (Å²) in [6.07, 6.45) is 8.27. The van der Waals surface area contributed by atoms with E-state index in [4.69, 9.17) is 0 Å². The molecule has 0 aliphatic carbocycles. The second-order valence-corrected chi connectivity index (χ2v) is 11.1. The number of amides is 1. The second kappa shape index (κ2) is 13.5. The van der Waals surface area contributed by atoms with Gasteiger partial charge in [-0.05, 0) is 97.9 Å². The lowest BCUT2D eigenvalue weighted by atomic mass is 9.90. The van der Waals surface area contributed by atoms with E-state index < -0.39 is 0 Å². The van der Waals surface area contributed by atoms with E-state index in [9.17, 15) is 9.59 Å². The Balaban J connectivity index is 1.05. The average Bonchev–Trinajstić information content (AvgIpc) is 3.42. The predicted octanol–water partition coefficient (Wildman–Crippen LogP) is 5.88. The molecule has 0 atom stereocenters. The summed E-state index contributed by atoms with van der Waals surface area (Å²) in [6, 6.07) is 25.6. The van der Waals surface area contributed by atoms with Gasteiger partial charge in [0.15, 0.2) is 5.78 Å². The third-order valence-electron chi connectivity index (χ3n) is 7.11. The van der Waals surface area contributed by atoms with Crippen molar-refractivity contribution in [3.63, 3.8) is 0 Å². The fraction of sp³-hybridized carbons (Fsp3) is 0.250. The number of anilines is 1. The maximum atomic E-state index is 12.6. The highest BCUT2D eigenvalue weighted by atomic mass is 79.9. The van der Waals surface area contributed by atoms with E-state index in [-0.39, 0.29) is 11.7 Å². The van der Waals surface area contributed by atoms with Crippen LogP contribution in [0.5, 0.6) is 0 Å². The first-order valence-electron chi connectivity index (χ1n) is 13.5. The molecule has 8 heteroatoms. The summed E-state index contributed by atoms with van der Waals surface area (Å²) in [7, 11) is 0. The van der Waals surface area contributed by atoms with Gasteiger partial charge in [-0.25, -0.2) is 4.68 Å². The summed E-state index contributed by atoms with van der Waals surface area (Å²) in [5.41, 5.74) is 4.32. The Kier molecular flexibility index (Phi) is 9.31. The van der Waals surface area contributed by atoms with Gasteiger partial charge < -0.3 is 5.32 Å². The smallest absolute Gasteiger partial charge is 0.238 e. The molecule has 1 amide bonds. The third-order valence-corrected chi connectivity index (χ3v) is 7.64. The number of hydrogen-bond donors (Lipinski definition) is 1. The molecule has 1 aromatic heterocycles. The van der Waals surface area contributed by atoms with Gasteiger partial charge in [0.25, 0.3) is 0 Å². The zero-order valence-corrected chi connectivity index (χ0v) is 23.8. The number of aromatic nitrogens is 3. The molecule has 0 spiro atoms. The van der Waals surface area contributed by atoms with Gasteiger partial charge in [-0.1, -0.05) is 63.6 Å². The van der Waals surface area contributed by atoms with Crippen LogP contribution in [0.15, 0.2) is 95.6 Å². The van der Waals surface area contributed by atoms with Crippen molar-refractivity contribution in [3.8, 4) is 0 Å². The van der Waals surface area contributed by atoms with E-state index in [1.807, 2.05) is 24.3 Å². The van der Waals surface area contributed by atoms with Crippen molar-refractivity contribution < 1.29 is 9.59 Å². The molecular formula is C32H32BrN5O2. The highest BCUT2D eigenvalue weighted by molar-refractivity contribution is 9.10. The average molecular weight is 599 g/mol. The topological polar surface area (TPSA) is 80.1 Å². The summed E-state index contributed by atoms with van der Waals surface area (Å²) in [4.78, 5) is 27.5. The van der Waals surface area contributed by atoms with E-state index in [0.29, 0.717) is 36.0 Å². The van der Waals surface area contributed by atoms with E-state index in [0.717, 1.165) is 42.4 Å². The minimum Gasteiger partial charge on any atom is -0.325 e. The molecule has 4 aromatic rings. The number of rotatable bonds is 10. The summed E-state index contributed by atoms with van der Waals surface area (Å²) in [5, 5.41) is 11.2. The number of likely N-dealkylation sites (tertiary alicyclic amines) is 1. The first-order valence-corrected chi connectivity index (χ1v) is 14.3. The second-order valence-electron chi connectivity index (χ2n) is 10.2. The Labute approximate surface area is 243 Å². The van der Waals surface area contributed by atoms with Gasteiger partial charge in [-0.2, -0.15) is 0 Å². The normalized spacial score (nSPS) is 14.4. The number of piperidine rings is 1. The molecule has 0 radical (unpaired) electrons. The van der Waals surface area contributed by atoms with Gasteiger partial charge in [-0.15, -0.1) is 5.10 Å². The molecule has 0 unspecified atom stereocenters. The maximum Gasteiger partial charge on any atom is 0.238 e. The van der Waals surface area contributed by atoms with Crippen LogP contribution in [0, 0.1) is 5.92 Å². The van der Waals surface area contributed by atoms with E-state index in [1.165, 1.54) is 11.6 Å². The summed E-state index contributed by atoms with van der Waals surface area (Å²) >= 11 is 3.43. The van der Waals surface area contributed by atoms with Crippen LogP contribution < -0.4 is 5.32 Å². The molecule has 3 aromatic carbocycles. The number of hydrogen-bond acceptors (Lipinski definition) is 5. The van der Waals surface area contributed by atoms with Crippen LogP contribution in [0.3, 0.4) is 0 Å². The minimum atomic E-state index is -0.140. The standard InChI is InChI=1S/C32H32BrN5O2/c33-28-10-6-26(7-11-28)21-38-22-30(35-36-38)14-15-31(39)27-8-12-29(13-9-27)34-32(40)23-37-18-16-25(17-19-37)20-24-4-2-1-3-5-24/h1-15,22,25H,16-21,23H2,(H,34,40)/b15-14+. The monoisotopic (exact) mass is 597 g/mol. The van der Waals surface area contributed by atoms with E-state index in [1.54, 1.807) is 41.2 Å². The van der Waals surface area contributed by atoms with Gasteiger partial charge in [-0.3, -0.25) is 14.5 Å². The molecule has 40 heavy (non-hydrogen) atoms. The van der Waals surface area contributed by atoms with Crippen molar-refractivity contribution in [2.24, 2.45) is 5.92 Å². The zero-order valence-electron chi connectivity index (χ0n) is 22.2. The largest absolute Gasteiger partial charge is 0.325 e. The van der Waals surface area contributed by atoms with Crippen molar-refractivity contribution in [2.45, 2.75) is 25.8 Å². The minimum absolute atomic E-state index is 0.0355. The lowest BCUT2D eigenvalue weighted by Crippen LogP contribution is -2.39. The van der Waals surface area contributed by atoms with Gasteiger partial charge in [0.2, 0.25) is 5.91 Å². The maximum absolute atomic E-state index is 12.6. The first kappa shape index (κ1) is 27.7. The zero-order chi connectivity index (χ0) is 27.7. The molecule has 204 valence electrons. The first-order chi connectivity index (χ1) is 19.5. The molecule has 2 heterocycles. The number of carbonyl (C=O) groups is 2. The molecule has 1 saturated heterocycles. The highest BCUT2D eigenvalue weighted by Crippen LogP contribution is 2.22. The number of allylic oxidation sites excluding steroid dienone is 1. The Morgan fingerprint density at radius 1 is 0.925 bits per heavy atom. The van der Waals surface area contributed by atoms with Crippen LogP contribution >= 0.6 is 15.9 Å². The molecule has 1 fully saturated rings.